The number of thiazole rings is 1. The Morgan fingerprint density at radius 2 is 2.00 bits per heavy atom. The van der Waals surface area contributed by atoms with Crippen LogP contribution in [0.5, 0.6) is 5.75 Å². The highest BCUT2D eigenvalue weighted by atomic mass is 32.2. The van der Waals surface area contributed by atoms with Gasteiger partial charge in [-0.3, -0.25) is 0 Å². The lowest BCUT2D eigenvalue weighted by atomic mass is 10.2. The van der Waals surface area contributed by atoms with Gasteiger partial charge in [0, 0.05) is 10.8 Å². The SMILES string of the molecule is COc1ccccc1-c1nc(COC(=O)c2csc(S(N)(=O)=O)c2)cs1. The number of benzene rings is 1. The number of methoxy groups -OCH3 is 1. The van der Waals surface area contributed by atoms with Crippen molar-refractivity contribution in [2.24, 2.45) is 5.14 Å². The van der Waals surface area contributed by atoms with Crippen LogP contribution in [-0.2, 0) is 21.4 Å². The number of rotatable bonds is 6. The van der Waals surface area contributed by atoms with E-state index in [-0.39, 0.29) is 16.4 Å². The van der Waals surface area contributed by atoms with Crippen LogP contribution in [0.2, 0.25) is 0 Å². The van der Waals surface area contributed by atoms with Gasteiger partial charge >= 0.3 is 5.97 Å². The fraction of sp³-hybridized carbons (Fsp3) is 0.125. The molecule has 0 radical (unpaired) electrons. The topological polar surface area (TPSA) is 109 Å². The summed E-state index contributed by atoms with van der Waals surface area (Å²) in [4.78, 5) is 16.5. The first-order chi connectivity index (χ1) is 12.4. The summed E-state index contributed by atoms with van der Waals surface area (Å²) in [6, 6.07) is 8.70. The van der Waals surface area contributed by atoms with Gasteiger partial charge in [-0.05, 0) is 18.2 Å². The van der Waals surface area contributed by atoms with Crippen molar-refractivity contribution in [3.63, 3.8) is 0 Å². The molecule has 0 fully saturated rings. The van der Waals surface area contributed by atoms with Crippen molar-refractivity contribution < 1.29 is 22.7 Å². The maximum absolute atomic E-state index is 12.0. The number of nitrogens with zero attached hydrogens (tertiary/aromatic N) is 1. The van der Waals surface area contributed by atoms with Gasteiger partial charge in [0.2, 0.25) is 10.0 Å². The Labute approximate surface area is 158 Å². The summed E-state index contributed by atoms with van der Waals surface area (Å²) in [5.41, 5.74) is 1.58. The molecule has 0 unspecified atom stereocenters. The molecule has 2 heterocycles. The first-order valence-corrected chi connectivity index (χ1v) is 10.6. The van der Waals surface area contributed by atoms with E-state index in [1.165, 1.54) is 22.8 Å². The first kappa shape index (κ1) is 18.5. The van der Waals surface area contributed by atoms with Crippen molar-refractivity contribution >= 4 is 38.7 Å². The number of thiophene rings is 1. The maximum atomic E-state index is 12.0. The van der Waals surface area contributed by atoms with Crippen LogP contribution in [0, 0.1) is 0 Å². The lowest BCUT2D eigenvalue weighted by molar-refractivity contribution is 0.0469. The van der Waals surface area contributed by atoms with Crippen LogP contribution < -0.4 is 9.88 Å². The summed E-state index contributed by atoms with van der Waals surface area (Å²) >= 11 is 2.28. The molecular formula is C16H14N2O5S3. The van der Waals surface area contributed by atoms with Gasteiger partial charge in [-0.15, -0.1) is 22.7 Å². The predicted octanol–water partition coefficient (Wildman–Crippen LogP) is 2.88. The van der Waals surface area contributed by atoms with Crippen LogP contribution in [-0.4, -0.2) is 26.5 Å². The molecule has 10 heteroatoms. The Kier molecular flexibility index (Phi) is 5.37. The monoisotopic (exact) mass is 410 g/mol. The highest BCUT2D eigenvalue weighted by molar-refractivity contribution is 7.91. The molecule has 1 aromatic carbocycles. The van der Waals surface area contributed by atoms with E-state index in [0.29, 0.717) is 11.4 Å². The summed E-state index contributed by atoms with van der Waals surface area (Å²) in [6.07, 6.45) is 0. The van der Waals surface area contributed by atoms with Crippen LogP contribution in [0.3, 0.4) is 0 Å². The van der Waals surface area contributed by atoms with Crippen LogP contribution in [0.1, 0.15) is 16.1 Å². The molecular weight excluding hydrogens is 396 g/mol. The third kappa shape index (κ3) is 4.10. The summed E-state index contributed by atoms with van der Waals surface area (Å²) in [7, 11) is -2.24. The zero-order chi connectivity index (χ0) is 18.7. The number of primary sulfonamides is 1. The number of carbonyl (C=O) groups excluding carboxylic acids is 1. The Balaban J connectivity index is 1.68. The molecule has 0 atom stereocenters. The second-order valence-corrected chi connectivity index (χ2v) is 8.68. The summed E-state index contributed by atoms with van der Waals surface area (Å²) in [5.74, 6) is 0.0715. The van der Waals surface area contributed by atoms with Crippen LogP contribution >= 0.6 is 22.7 Å². The minimum Gasteiger partial charge on any atom is -0.496 e. The van der Waals surface area contributed by atoms with Gasteiger partial charge < -0.3 is 9.47 Å². The van der Waals surface area contributed by atoms with Crippen molar-refractivity contribution in [1.82, 2.24) is 4.98 Å². The quantitative estimate of drug-likeness (QED) is 0.626. The normalized spacial score (nSPS) is 11.3. The molecule has 0 saturated carbocycles. The zero-order valence-electron chi connectivity index (χ0n) is 13.5. The fourth-order valence-electron chi connectivity index (χ4n) is 2.11. The summed E-state index contributed by atoms with van der Waals surface area (Å²) in [6.45, 7) is -0.0228. The molecule has 0 aliphatic heterocycles. The van der Waals surface area contributed by atoms with Crippen molar-refractivity contribution in [2.75, 3.05) is 7.11 Å². The Morgan fingerprint density at radius 3 is 2.69 bits per heavy atom. The zero-order valence-corrected chi connectivity index (χ0v) is 16.0. The van der Waals surface area contributed by atoms with E-state index in [9.17, 15) is 13.2 Å². The number of esters is 1. The van der Waals surface area contributed by atoms with E-state index in [1.54, 1.807) is 12.5 Å². The molecule has 2 N–H and O–H groups in total. The van der Waals surface area contributed by atoms with Gasteiger partial charge in [0.05, 0.1) is 23.9 Å². The second-order valence-electron chi connectivity index (χ2n) is 5.12. The molecule has 0 aliphatic carbocycles. The second kappa shape index (κ2) is 7.54. The molecule has 0 aliphatic rings. The number of sulfonamides is 1. The predicted molar refractivity (Wildman–Crippen MR) is 98.9 cm³/mol. The van der Waals surface area contributed by atoms with Gasteiger partial charge in [0.25, 0.3) is 0 Å². The minimum absolute atomic E-state index is 0.0228. The Bertz CT molecular complexity index is 1040. The van der Waals surface area contributed by atoms with Crippen LogP contribution in [0.4, 0.5) is 0 Å². The Hall–Kier alpha value is -2.27. The van der Waals surface area contributed by atoms with Crippen molar-refractivity contribution in [2.45, 2.75) is 10.8 Å². The standard InChI is InChI=1S/C16H14N2O5S3/c1-22-13-5-3-2-4-12(13)15-18-11(9-25-15)7-23-16(19)10-6-14(24-8-10)26(17,20)21/h2-6,8-9H,7H2,1H3,(H2,17,20,21). The number of aromatic nitrogens is 1. The molecule has 3 rings (SSSR count). The van der Waals surface area contributed by atoms with Gasteiger partial charge in [0.1, 0.15) is 21.6 Å². The van der Waals surface area contributed by atoms with E-state index in [0.717, 1.165) is 21.9 Å². The van der Waals surface area contributed by atoms with Crippen molar-refractivity contribution in [3.8, 4) is 16.3 Å². The van der Waals surface area contributed by atoms with Gasteiger partial charge in [-0.25, -0.2) is 23.3 Å². The smallest absolute Gasteiger partial charge is 0.339 e. The van der Waals surface area contributed by atoms with Crippen LogP contribution in [0.25, 0.3) is 10.6 Å². The third-order valence-corrected chi connectivity index (χ3v) is 6.64. The molecule has 136 valence electrons. The van der Waals surface area contributed by atoms with E-state index in [2.05, 4.69) is 4.98 Å². The molecule has 0 amide bonds. The number of nitrogens with two attached hydrogens (primary N) is 1. The molecule has 3 aromatic rings. The van der Waals surface area contributed by atoms with E-state index >= 15 is 0 Å². The van der Waals surface area contributed by atoms with Crippen LogP contribution in [0.15, 0.2) is 45.3 Å². The summed E-state index contributed by atoms with van der Waals surface area (Å²) < 4.78 is 32.9. The third-order valence-electron chi connectivity index (χ3n) is 3.33. The highest BCUT2D eigenvalue weighted by Gasteiger charge is 2.17. The number of ether oxygens (including phenoxy) is 2. The Morgan fingerprint density at radius 1 is 1.23 bits per heavy atom. The van der Waals surface area contributed by atoms with Gasteiger partial charge in [-0.1, -0.05) is 12.1 Å². The molecule has 2 aromatic heterocycles. The fourth-order valence-corrected chi connectivity index (χ4v) is 4.52. The van der Waals surface area contributed by atoms with Crippen molar-refractivity contribution in [3.05, 3.63) is 52.3 Å². The van der Waals surface area contributed by atoms with E-state index in [1.807, 2.05) is 24.3 Å². The molecule has 0 bridgehead atoms. The lowest BCUT2D eigenvalue weighted by Crippen LogP contribution is -2.10. The average molecular weight is 410 g/mol. The average Bonchev–Trinajstić information content (AvgIpc) is 3.29. The first-order valence-electron chi connectivity index (χ1n) is 7.24. The minimum atomic E-state index is -3.83. The number of para-hydroxylation sites is 1. The van der Waals surface area contributed by atoms with Gasteiger partial charge in [0.15, 0.2) is 0 Å². The number of hydrogen-bond donors (Lipinski definition) is 1. The number of carbonyl (C=O) groups is 1. The van der Waals surface area contributed by atoms with Gasteiger partial charge in [-0.2, -0.15) is 0 Å². The molecule has 26 heavy (non-hydrogen) atoms. The maximum Gasteiger partial charge on any atom is 0.339 e. The molecule has 7 nitrogen and oxygen atoms in total. The summed E-state index contributed by atoms with van der Waals surface area (Å²) in [5, 5.41) is 8.96. The lowest BCUT2D eigenvalue weighted by Gasteiger charge is -2.04. The largest absolute Gasteiger partial charge is 0.496 e. The number of hydrogen-bond acceptors (Lipinski definition) is 8. The molecule has 0 saturated heterocycles. The highest BCUT2D eigenvalue weighted by Crippen LogP contribution is 2.32. The van der Waals surface area contributed by atoms with E-state index < -0.39 is 16.0 Å². The van der Waals surface area contributed by atoms with E-state index in [4.69, 9.17) is 14.6 Å². The van der Waals surface area contributed by atoms with Crippen molar-refractivity contribution in [1.29, 1.82) is 0 Å². The molecule has 0 spiro atoms.